The van der Waals surface area contributed by atoms with E-state index < -0.39 is 17.9 Å². The van der Waals surface area contributed by atoms with Crippen LogP contribution >= 0.6 is 11.6 Å². The predicted octanol–water partition coefficient (Wildman–Crippen LogP) is 3.27. The Morgan fingerprint density at radius 2 is 1.71 bits per heavy atom. The SMILES string of the molecule is C[C@@H](NC(=O)COC(=O)CCNC(=O)Nc1ccccc1)c1ccc(Cl)cc1. The molecule has 0 fully saturated rings. The van der Waals surface area contributed by atoms with E-state index in [1.165, 1.54) is 0 Å². The summed E-state index contributed by atoms with van der Waals surface area (Å²) in [5.74, 6) is -0.986. The minimum absolute atomic E-state index is 0.0395. The van der Waals surface area contributed by atoms with Gasteiger partial charge in [-0.05, 0) is 36.8 Å². The van der Waals surface area contributed by atoms with Gasteiger partial charge in [-0.1, -0.05) is 41.9 Å². The Kier molecular flexibility index (Phi) is 8.30. The van der Waals surface area contributed by atoms with E-state index in [4.69, 9.17) is 16.3 Å². The zero-order chi connectivity index (χ0) is 20.4. The lowest BCUT2D eigenvalue weighted by Crippen LogP contribution is -2.33. The number of ether oxygens (including phenoxy) is 1. The fourth-order valence-corrected chi connectivity index (χ4v) is 2.44. The summed E-state index contributed by atoms with van der Waals surface area (Å²) in [6, 6.07) is 15.4. The van der Waals surface area contributed by atoms with Crippen LogP contribution < -0.4 is 16.0 Å². The predicted molar refractivity (Wildman–Crippen MR) is 107 cm³/mol. The largest absolute Gasteiger partial charge is 0.456 e. The molecule has 0 spiro atoms. The molecule has 2 aromatic rings. The van der Waals surface area contributed by atoms with Crippen molar-refractivity contribution in [1.82, 2.24) is 10.6 Å². The van der Waals surface area contributed by atoms with Crippen LogP contribution in [0.2, 0.25) is 5.02 Å². The first-order valence-electron chi connectivity index (χ1n) is 8.74. The van der Waals surface area contributed by atoms with Crippen LogP contribution in [0.25, 0.3) is 0 Å². The molecule has 8 heteroatoms. The average Bonchev–Trinajstić information content (AvgIpc) is 2.67. The molecular formula is C20H22ClN3O4. The number of hydrogen-bond acceptors (Lipinski definition) is 4. The maximum atomic E-state index is 11.9. The molecule has 148 valence electrons. The lowest BCUT2D eigenvalue weighted by atomic mass is 10.1. The van der Waals surface area contributed by atoms with E-state index in [0.717, 1.165) is 5.56 Å². The second-order valence-electron chi connectivity index (χ2n) is 6.00. The molecule has 1 atom stereocenters. The molecule has 0 heterocycles. The second kappa shape index (κ2) is 10.9. The number of halogens is 1. The topological polar surface area (TPSA) is 96.5 Å². The van der Waals surface area contributed by atoms with Gasteiger partial charge in [-0.3, -0.25) is 9.59 Å². The Hall–Kier alpha value is -3.06. The smallest absolute Gasteiger partial charge is 0.319 e. The maximum absolute atomic E-state index is 11.9. The molecular weight excluding hydrogens is 382 g/mol. The number of para-hydroxylation sites is 1. The summed E-state index contributed by atoms with van der Waals surface area (Å²) in [4.78, 5) is 35.3. The summed E-state index contributed by atoms with van der Waals surface area (Å²) in [6.07, 6.45) is -0.0395. The first kappa shape index (κ1) is 21.2. The van der Waals surface area contributed by atoms with Crippen LogP contribution in [-0.4, -0.2) is 31.1 Å². The van der Waals surface area contributed by atoms with E-state index in [2.05, 4.69) is 16.0 Å². The van der Waals surface area contributed by atoms with Crippen molar-refractivity contribution in [3.8, 4) is 0 Å². The molecule has 0 unspecified atom stereocenters. The van der Waals surface area contributed by atoms with Crippen LogP contribution in [0.4, 0.5) is 10.5 Å². The summed E-state index contributed by atoms with van der Waals surface area (Å²) in [6.45, 7) is 1.53. The van der Waals surface area contributed by atoms with Crippen LogP contribution in [0.1, 0.15) is 24.9 Å². The number of carbonyl (C=O) groups is 3. The number of hydrogen-bond donors (Lipinski definition) is 3. The fourth-order valence-electron chi connectivity index (χ4n) is 2.31. The average molecular weight is 404 g/mol. The Bertz CT molecular complexity index is 797. The molecule has 7 nitrogen and oxygen atoms in total. The van der Waals surface area contributed by atoms with Gasteiger partial charge in [0.05, 0.1) is 12.5 Å². The Balaban J connectivity index is 1.61. The summed E-state index contributed by atoms with van der Waals surface area (Å²) >= 11 is 5.83. The Labute approximate surface area is 168 Å². The van der Waals surface area contributed by atoms with Gasteiger partial charge in [0.15, 0.2) is 6.61 Å². The van der Waals surface area contributed by atoms with Crippen molar-refractivity contribution in [2.24, 2.45) is 0 Å². The molecule has 0 aliphatic carbocycles. The zero-order valence-corrected chi connectivity index (χ0v) is 16.2. The molecule has 0 aromatic heterocycles. The summed E-state index contributed by atoms with van der Waals surface area (Å²) in [5.41, 5.74) is 1.53. The van der Waals surface area contributed by atoms with Gasteiger partial charge in [-0.25, -0.2) is 4.79 Å². The quantitative estimate of drug-likeness (QED) is 0.589. The number of amides is 3. The van der Waals surface area contributed by atoms with Crippen LogP contribution in [-0.2, 0) is 14.3 Å². The highest BCUT2D eigenvalue weighted by atomic mass is 35.5. The molecule has 0 saturated heterocycles. The van der Waals surface area contributed by atoms with E-state index in [-0.39, 0.29) is 25.6 Å². The summed E-state index contributed by atoms with van der Waals surface area (Å²) in [7, 11) is 0. The van der Waals surface area contributed by atoms with E-state index >= 15 is 0 Å². The molecule has 3 amide bonds. The first-order chi connectivity index (χ1) is 13.4. The number of anilines is 1. The van der Waals surface area contributed by atoms with Crippen molar-refractivity contribution < 1.29 is 19.1 Å². The number of carbonyl (C=O) groups excluding carboxylic acids is 3. The minimum atomic E-state index is -0.575. The molecule has 2 rings (SSSR count). The van der Waals surface area contributed by atoms with Gasteiger partial charge in [-0.2, -0.15) is 0 Å². The molecule has 0 aliphatic rings. The zero-order valence-electron chi connectivity index (χ0n) is 15.4. The first-order valence-corrected chi connectivity index (χ1v) is 9.12. The van der Waals surface area contributed by atoms with Gasteiger partial charge < -0.3 is 20.7 Å². The molecule has 0 radical (unpaired) electrons. The van der Waals surface area contributed by atoms with E-state index in [1.807, 2.05) is 25.1 Å². The molecule has 0 bridgehead atoms. The normalized spacial score (nSPS) is 11.2. The standard InChI is InChI=1S/C20H22ClN3O4/c1-14(15-7-9-16(21)10-8-15)23-18(25)13-28-19(26)11-12-22-20(27)24-17-5-3-2-4-6-17/h2-10,14H,11-13H2,1H3,(H,23,25)(H2,22,24,27)/t14-/m1/s1. The minimum Gasteiger partial charge on any atom is -0.456 e. The van der Waals surface area contributed by atoms with Crippen molar-refractivity contribution in [2.45, 2.75) is 19.4 Å². The second-order valence-corrected chi connectivity index (χ2v) is 6.43. The lowest BCUT2D eigenvalue weighted by Gasteiger charge is -2.14. The third-order valence-corrected chi connectivity index (χ3v) is 4.01. The fraction of sp³-hybridized carbons (Fsp3) is 0.250. The van der Waals surface area contributed by atoms with Crippen LogP contribution in [0.5, 0.6) is 0 Å². The van der Waals surface area contributed by atoms with E-state index in [0.29, 0.717) is 10.7 Å². The Morgan fingerprint density at radius 3 is 2.39 bits per heavy atom. The summed E-state index contributed by atoms with van der Waals surface area (Å²) < 4.78 is 4.92. The van der Waals surface area contributed by atoms with Crippen molar-refractivity contribution >= 4 is 35.2 Å². The third kappa shape index (κ3) is 7.67. The van der Waals surface area contributed by atoms with Crippen LogP contribution in [0, 0.1) is 0 Å². The van der Waals surface area contributed by atoms with Crippen LogP contribution in [0.3, 0.4) is 0 Å². The van der Waals surface area contributed by atoms with Crippen molar-refractivity contribution in [1.29, 1.82) is 0 Å². The van der Waals surface area contributed by atoms with E-state index in [1.54, 1.807) is 36.4 Å². The number of urea groups is 1. The molecule has 0 saturated carbocycles. The van der Waals surface area contributed by atoms with Crippen LogP contribution in [0.15, 0.2) is 54.6 Å². The van der Waals surface area contributed by atoms with Gasteiger partial charge in [0.2, 0.25) is 0 Å². The highest BCUT2D eigenvalue weighted by Gasteiger charge is 2.12. The van der Waals surface area contributed by atoms with Gasteiger partial charge in [0, 0.05) is 17.3 Å². The molecule has 3 N–H and O–H groups in total. The van der Waals surface area contributed by atoms with Crippen molar-refractivity contribution in [3.05, 3.63) is 65.2 Å². The third-order valence-electron chi connectivity index (χ3n) is 3.76. The number of nitrogens with one attached hydrogen (secondary N) is 3. The molecule has 0 aliphatic heterocycles. The number of esters is 1. The number of rotatable bonds is 8. The molecule has 28 heavy (non-hydrogen) atoms. The summed E-state index contributed by atoms with van der Waals surface area (Å²) in [5, 5.41) is 8.52. The Morgan fingerprint density at radius 1 is 1.04 bits per heavy atom. The highest BCUT2D eigenvalue weighted by Crippen LogP contribution is 2.15. The van der Waals surface area contributed by atoms with Gasteiger partial charge >= 0.3 is 12.0 Å². The number of benzene rings is 2. The van der Waals surface area contributed by atoms with Gasteiger partial charge in [0.25, 0.3) is 5.91 Å². The van der Waals surface area contributed by atoms with Crippen molar-refractivity contribution in [2.75, 3.05) is 18.5 Å². The van der Waals surface area contributed by atoms with Gasteiger partial charge in [0.1, 0.15) is 0 Å². The maximum Gasteiger partial charge on any atom is 0.319 e. The van der Waals surface area contributed by atoms with Gasteiger partial charge in [-0.15, -0.1) is 0 Å². The van der Waals surface area contributed by atoms with Crippen molar-refractivity contribution in [3.63, 3.8) is 0 Å². The molecule has 2 aromatic carbocycles. The lowest BCUT2D eigenvalue weighted by molar-refractivity contribution is -0.148. The highest BCUT2D eigenvalue weighted by molar-refractivity contribution is 6.30. The van der Waals surface area contributed by atoms with E-state index in [9.17, 15) is 14.4 Å². The monoisotopic (exact) mass is 403 g/mol.